The van der Waals surface area contributed by atoms with Crippen molar-refractivity contribution >= 4 is 28.3 Å². The first-order chi connectivity index (χ1) is 8.54. The molecule has 2 rings (SSSR count). The lowest BCUT2D eigenvalue weighted by Gasteiger charge is -2.07. The highest BCUT2D eigenvalue weighted by Crippen LogP contribution is 2.30. The molecule has 0 fully saturated rings. The molecule has 6 heteroatoms. The molecule has 1 aromatic heterocycles. The van der Waals surface area contributed by atoms with Gasteiger partial charge in [0, 0.05) is 17.7 Å². The van der Waals surface area contributed by atoms with Crippen LogP contribution >= 0.6 is 11.3 Å². The normalized spacial score (nSPS) is 15.2. The van der Waals surface area contributed by atoms with Gasteiger partial charge in [0.1, 0.15) is 0 Å². The summed E-state index contributed by atoms with van der Waals surface area (Å²) in [5.41, 5.74) is 1.11. The molecule has 18 heavy (non-hydrogen) atoms. The summed E-state index contributed by atoms with van der Waals surface area (Å²) in [6, 6.07) is 0. The van der Waals surface area contributed by atoms with Crippen LogP contribution in [0.3, 0.4) is 0 Å². The van der Waals surface area contributed by atoms with Gasteiger partial charge in [-0.1, -0.05) is 6.92 Å². The van der Waals surface area contributed by atoms with Gasteiger partial charge in [-0.15, -0.1) is 11.3 Å². The maximum Gasteiger partial charge on any atom is 0.303 e. The van der Waals surface area contributed by atoms with Crippen molar-refractivity contribution in [2.75, 3.05) is 5.32 Å². The Morgan fingerprint density at radius 3 is 2.89 bits per heavy atom. The molecule has 1 unspecified atom stereocenters. The summed E-state index contributed by atoms with van der Waals surface area (Å²) in [6.45, 7) is 1.76. The Hall–Kier alpha value is -1.43. The summed E-state index contributed by atoms with van der Waals surface area (Å²) >= 11 is 1.53. The standard InChI is InChI=1S/C12H16N2O3S/c1-7(6-11(16)17)5-10(15)14-12-13-8-3-2-4-9(8)18-12/h7H,2-6H2,1H3,(H,16,17)(H,13,14,15). The van der Waals surface area contributed by atoms with Crippen LogP contribution in [0.5, 0.6) is 0 Å². The first-order valence-corrected chi connectivity index (χ1v) is 6.86. The van der Waals surface area contributed by atoms with Gasteiger partial charge in [-0.3, -0.25) is 9.59 Å². The average Bonchev–Trinajstić information content (AvgIpc) is 2.74. The van der Waals surface area contributed by atoms with Crippen LogP contribution in [0.4, 0.5) is 5.13 Å². The van der Waals surface area contributed by atoms with E-state index in [-0.39, 0.29) is 24.7 Å². The number of amides is 1. The number of thiazole rings is 1. The van der Waals surface area contributed by atoms with Gasteiger partial charge in [-0.25, -0.2) is 4.98 Å². The molecule has 98 valence electrons. The number of carboxylic acids is 1. The average molecular weight is 268 g/mol. The number of aromatic nitrogens is 1. The van der Waals surface area contributed by atoms with Gasteiger partial charge >= 0.3 is 5.97 Å². The van der Waals surface area contributed by atoms with Gasteiger partial charge in [-0.2, -0.15) is 0 Å². The van der Waals surface area contributed by atoms with E-state index in [1.165, 1.54) is 16.2 Å². The minimum absolute atomic E-state index is 0.0157. The molecule has 0 aliphatic heterocycles. The van der Waals surface area contributed by atoms with E-state index in [1.54, 1.807) is 6.92 Å². The SMILES string of the molecule is CC(CC(=O)O)CC(=O)Nc1nc2c(s1)CCC2. The van der Waals surface area contributed by atoms with Crippen LogP contribution in [-0.2, 0) is 22.4 Å². The van der Waals surface area contributed by atoms with Crippen molar-refractivity contribution in [1.29, 1.82) is 0 Å². The lowest BCUT2D eigenvalue weighted by molar-refractivity contribution is -0.138. The lowest BCUT2D eigenvalue weighted by Crippen LogP contribution is -2.16. The molecule has 1 amide bonds. The van der Waals surface area contributed by atoms with Crippen LogP contribution < -0.4 is 5.32 Å². The number of aryl methyl sites for hydroxylation is 2. The smallest absolute Gasteiger partial charge is 0.303 e. The summed E-state index contributed by atoms with van der Waals surface area (Å²) in [4.78, 5) is 27.8. The quantitative estimate of drug-likeness (QED) is 0.856. The topological polar surface area (TPSA) is 79.3 Å². The second-order valence-corrected chi connectivity index (χ2v) is 5.78. The van der Waals surface area contributed by atoms with Gasteiger partial charge in [0.05, 0.1) is 5.69 Å². The summed E-state index contributed by atoms with van der Waals surface area (Å²) < 4.78 is 0. The predicted octanol–water partition coefficient (Wildman–Crippen LogP) is 2.07. The lowest BCUT2D eigenvalue weighted by atomic mass is 10.0. The monoisotopic (exact) mass is 268 g/mol. The van der Waals surface area contributed by atoms with E-state index in [4.69, 9.17) is 5.11 Å². The number of carboxylic acid groups (broad SMARTS) is 1. The molecule has 0 aromatic carbocycles. The number of rotatable bonds is 5. The number of carbonyl (C=O) groups is 2. The number of aliphatic carboxylic acids is 1. The van der Waals surface area contributed by atoms with Gasteiger partial charge in [-0.05, 0) is 25.2 Å². The molecule has 1 heterocycles. The van der Waals surface area contributed by atoms with E-state index in [1.807, 2.05) is 0 Å². The summed E-state index contributed by atoms with van der Waals surface area (Å²) in [5, 5.41) is 12.0. The van der Waals surface area contributed by atoms with Crippen molar-refractivity contribution < 1.29 is 14.7 Å². The van der Waals surface area contributed by atoms with E-state index in [0.717, 1.165) is 25.0 Å². The van der Waals surface area contributed by atoms with Crippen LogP contribution in [0.1, 0.15) is 36.8 Å². The Morgan fingerprint density at radius 1 is 1.44 bits per heavy atom. The Bertz CT molecular complexity index is 448. The highest BCUT2D eigenvalue weighted by atomic mass is 32.1. The largest absolute Gasteiger partial charge is 0.481 e. The number of hydrogen-bond acceptors (Lipinski definition) is 4. The van der Waals surface area contributed by atoms with Crippen molar-refractivity contribution in [2.45, 2.75) is 39.0 Å². The molecule has 1 aliphatic rings. The maximum atomic E-state index is 11.7. The second-order valence-electron chi connectivity index (χ2n) is 4.70. The molecule has 5 nitrogen and oxygen atoms in total. The number of hydrogen-bond donors (Lipinski definition) is 2. The summed E-state index contributed by atoms with van der Waals surface area (Å²) in [5.74, 6) is -1.19. The van der Waals surface area contributed by atoms with Crippen LogP contribution in [0.15, 0.2) is 0 Å². The number of nitrogens with one attached hydrogen (secondary N) is 1. The van der Waals surface area contributed by atoms with Crippen LogP contribution in [0.25, 0.3) is 0 Å². The van der Waals surface area contributed by atoms with Gasteiger partial charge in [0.2, 0.25) is 5.91 Å². The van der Waals surface area contributed by atoms with Gasteiger partial charge < -0.3 is 10.4 Å². The number of anilines is 1. The molecule has 0 spiro atoms. The first-order valence-electron chi connectivity index (χ1n) is 6.05. The Balaban J connectivity index is 1.85. The van der Waals surface area contributed by atoms with Gasteiger partial charge in [0.15, 0.2) is 5.13 Å². The van der Waals surface area contributed by atoms with Crippen LogP contribution in [0.2, 0.25) is 0 Å². The molecule has 0 saturated heterocycles. The fourth-order valence-electron chi connectivity index (χ4n) is 2.10. The third kappa shape index (κ3) is 3.29. The molecule has 0 radical (unpaired) electrons. The fraction of sp³-hybridized carbons (Fsp3) is 0.583. The molecule has 1 atom stereocenters. The summed E-state index contributed by atoms with van der Waals surface area (Å²) in [7, 11) is 0. The van der Waals surface area contributed by atoms with Crippen molar-refractivity contribution in [3.05, 3.63) is 10.6 Å². The molecule has 0 bridgehead atoms. The molecule has 1 aromatic rings. The zero-order chi connectivity index (χ0) is 13.1. The third-order valence-corrected chi connectivity index (χ3v) is 3.97. The van der Waals surface area contributed by atoms with E-state index < -0.39 is 5.97 Å². The number of fused-ring (bicyclic) bond motifs is 1. The first kappa shape index (κ1) is 13.0. The van der Waals surface area contributed by atoms with Gasteiger partial charge in [0.25, 0.3) is 0 Å². The number of nitrogens with zero attached hydrogens (tertiary/aromatic N) is 1. The van der Waals surface area contributed by atoms with Crippen LogP contribution in [0, 0.1) is 5.92 Å². The minimum Gasteiger partial charge on any atom is -0.481 e. The van der Waals surface area contributed by atoms with E-state index in [0.29, 0.717) is 5.13 Å². The molecule has 1 aliphatic carbocycles. The predicted molar refractivity (Wildman–Crippen MR) is 68.8 cm³/mol. The van der Waals surface area contributed by atoms with E-state index in [2.05, 4.69) is 10.3 Å². The third-order valence-electron chi connectivity index (χ3n) is 2.90. The minimum atomic E-state index is -0.872. The van der Waals surface area contributed by atoms with Crippen molar-refractivity contribution in [3.63, 3.8) is 0 Å². The van der Waals surface area contributed by atoms with Crippen LogP contribution in [-0.4, -0.2) is 22.0 Å². The zero-order valence-corrected chi connectivity index (χ0v) is 11.0. The fourth-order valence-corrected chi connectivity index (χ4v) is 3.17. The molecular formula is C12H16N2O3S. The van der Waals surface area contributed by atoms with Crippen molar-refractivity contribution in [2.24, 2.45) is 5.92 Å². The van der Waals surface area contributed by atoms with E-state index in [9.17, 15) is 9.59 Å². The molecular weight excluding hydrogens is 252 g/mol. The Labute approximate surface area is 109 Å². The van der Waals surface area contributed by atoms with Crippen molar-refractivity contribution in [1.82, 2.24) is 4.98 Å². The second kappa shape index (κ2) is 5.48. The summed E-state index contributed by atoms with van der Waals surface area (Å²) in [6.07, 6.45) is 3.44. The van der Waals surface area contributed by atoms with E-state index >= 15 is 0 Å². The highest BCUT2D eigenvalue weighted by molar-refractivity contribution is 7.15. The molecule has 2 N–H and O–H groups in total. The zero-order valence-electron chi connectivity index (χ0n) is 10.2. The van der Waals surface area contributed by atoms with Crippen molar-refractivity contribution in [3.8, 4) is 0 Å². The Kier molecular flexibility index (Phi) is 3.96. The molecule has 0 saturated carbocycles. The highest BCUT2D eigenvalue weighted by Gasteiger charge is 2.18. The number of carbonyl (C=O) groups excluding carboxylic acids is 1. The maximum absolute atomic E-state index is 11.7. The Morgan fingerprint density at radius 2 is 2.22 bits per heavy atom.